The van der Waals surface area contributed by atoms with E-state index in [2.05, 4.69) is 0 Å². The van der Waals surface area contributed by atoms with Crippen LogP contribution in [0.25, 0.3) is 0 Å². The molecule has 0 radical (unpaired) electrons. The van der Waals surface area contributed by atoms with E-state index in [4.69, 9.17) is 5.73 Å². The van der Waals surface area contributed by atoms with Crippen LogP contribution in [0.2, 0.25) is 0 Å². The Morgan fingerprint density at radius 3 is 2.28 bits per heavy atom. The van der Waals surface area contributed by atoms with Gasteiger partial charge in [-0.3, -0.25) is 24.6 Å². The van der Waals surface area contributed by atoms with Crippen molar-refractivity contribution >= 4 is 44.4 Å². The van der Waals surface area contributed by atoms with E-state index >= 15 is 0 Å². The molecule has 0 atom stereocenters. The van der Waals surface area contributed by atoms with Crippen LogP contribution in [0, 0.1) is 15.9 Å². The van der Waals surface area contributed by atoms with Gasteiger partial charge in [-0.1, -0.05) is 18.2 Å². The third kappa shape index (κ3) is 6.14. The fraction of sp³-hybridized carbons (Fsp3) is 0.231. The fourth-order valence-corrected chi connectivity index (χ4v) is 5.27. The molecule has 11 nitrogen and oxygen atoms in total. The lowest BCUT2D eigenvalue weighted by atomic mass is 10.1. The quantitative estimate of drug-likeness (QED) is 0.266. The largest absolute Gasteiger partial charge is 0.398 e. The normalized spacial score (nSPS) is 13.7. The Morgan fingerprint density at radius 2 is 1.69 bits per heavy atom. The summed E-state index contributed by atoms with van der Waals surface area (Å²) in [5, 5.41) is 11.1. The maximum absolute atomic E-state index is 13.7. The van der Waals surface area contributed by atoms with E-state index in [0.717, 1.165) is 18.4 Å². The summed E-state index contributed by atoms with van der Waals surface area (Å²) < 4.78 is 38.1. The third-order valence-electron chi connectivity index (χ3n) is 6.38. The maximum Gasteiger partial charge on any atom is 0.271 e. The Bertz CT molecular complexity index is 1530. The minimum atomic E-state index is -3.68. The Balaban J connectivity index is 1.52. The summed E-state index contributed by atoms with van der Waals surface area (Å²) >= 11 is 0. The number of amides is 2. The summed E-state index contributed by atoms with van der Waals surface area (Å²) in [6.45, 7) is 0.777. The van der Waals surface area contributed by atoms with Gasteiger partial charge in [0.15, 0.2) is 9.84 Å². The Hall–Kier alpha value is -4.52. The molecule has 1 saturated heterocycles. The zero-order valence-electron chi connectivity index (χ0n) is 21.0. The number of hydrogen-bond donors (Lipinski definition) is 1. The van der Waals surface area contributed by atoms with Crippen molar-refractivity contribution in [3.8, 4) is 0 Å². The van der Waals surface area contributed by atoms with Crippen molar-refractivity contribution in [1.29, 1.82) is 0 Å². The smallest absolute Gasteiger partial charge is 0.271 e. The molecule has 2 N–H and O–H groups in total. The zero-order chi connectivity index (χ0) is 28.3. The summed E-state index contributed by atoms with van der Waals surface area (Å²) in [6, 6.07) is 15.6. The van der Waals surface area contributed by atoms with E-state index in [1.807, 2.05) is 0 Å². The topological polar surface area (TPSA) is 147 Å². The summed E-state index contributed by atoms with van der Waals surface area (Å²) in [4.78, 5) is 41.7. The molecule has 0 spiro atoms. The van der Waals surface area contributed by atoms with Crippen molar-refractivity contribution in [1.82, 2.24) is 4.90 Å². The average Bonchev–Trinajstić information content (AvgIpc) is 2.91. The van der Waals surface area contributed by atoms with E-state index < -0.39 is 26.5 Å². The maximum atomic E-state index is 13.7. The molecule has 0 aliphatic carbocycles. The molecular formula is C26H26FN5O6S. The summed E-state index contributed by atoms with van der Waals surface area (Å²) in [7, 11) is -3.68. The lowest BCUT2D eigenvalue weighted by Gasteiger charge is -2.37. The third-order valence-corrected chi connectivity index (χ3v) is 7.50. The predicted molar refractivity (Wildman–Crippen MR) is 144 cm³/mol. The van der Waals surface area contributed by atoms with Crippen LogP contribution in [0.15, 0.2) is 71.6 Å². The number of nitrogen functional groups attached to an aromatic ring is 1. The molecule has 0 bridgehead atoms. The molecule has 0 saturated carbocycles. The fourth-order valence-electron chi connectivity index (χ4n) is 4.37. The van der Waals surface area contributed by atoms with Gasteiger partial charge in [-0.05, 0) is 36.4 Å². The van der Waals surface area contributed by atoms with Gasteiger partial charge in [-0.2, -0.15) is 0 Å². The van der Waals surface area contributed by atoms with Crippen LogP contribution < -0.4 is 15.5 Å². The Morgan fingerprint density at radius 1 is 1.03 bits per heavy atom. The van der Waals surface area contributed by atoms with Crippen molar-refractivity contribution in [3.63, 3.8) is 0 Å². The number of anilines is 3. The molecule has 1 heterocycles. The number of rotatable bonds is 7. The minimum absolute atomic E-state index is 0.0201. The Kier molecular flexibility index (Phi) is 7.81. The number of non-ortho nitro benzene ring substituents is 1. The van der Waals surface area contributed by atoms with E-state index in [-0.39, 0.29) is 47.4 Å². The van der Waals surface area contributed by atoms with Crippen LogP contribution in [0.3, 0.4) is 0 Å². The number of para-hydroxylation sites is 1. The molecule has 0 aromatic heterocycles. The van der Waals surface area contributed by atoms with E-state index in [1.165, 1.54) is 29.2 Å². The van der Waals surface area contributed by atoms with Gasteiger partial charge in [0.2, 0.25) is 5.91 Å². The Labute approximate surface area is 224 Å². The molecule has 4 rings (SSSR count). The van der Waals surface area contributed by atoms with Crippen molar-refractivity contribution in [2.24, 2.45) is 0 Å². The highest BCUT2D eigenvalue weighted by atomic mass is 32.2. The number of nitro benzene ring substituents is 1. The number of carbonyl (C=O) groups is 2. The number of carbonyl (C=O) groups excluding carboxylic acids is 2. The number of halogens is 1. The molecule has 0 unspecified atom stereocenters. The van der Waals surface area contributed by atoms with Crippen LogP contribution in [0.4, 0.5) is 27.1 Å². The number of sulfone groups is 1. The first-order valence-electron chi connectivity index (χ1n) is 11.9. The highest BCUT2D eigenvalue weighted by Gasteiger charge is 2.29. The van der Waals surface area contributed by atoms with Crippen LogP contribution in [0.5, 0.6) is 0 Å². The standard InChI is InChI=1S/C26H26FN5O6S/c1-39(37,38)24-15-18(27)7-10-23(24)29-11-13-30(14-12-29)25(33)17-31(19-5-3-2-4-6-19)26(34)21-9-8-20(32(35)36)16-22(21)28/h2-10,15-16H,11-14,17,28H2,1H3. The summed E-state index contributed by atoms with van der Waals surface area (Å²) in [5.41, 5.74) is 6.43. The molecule has 3 aromatic carbocycles. The molecular weight excluding hydrogens is 529 g/mol. The number of hydrogen-bond acceptors (Lipinski definition) is 8. The first-order chi connectivity index (χ1) is 18.5. The monoisotopic (exact) mass is 555 g/mol. The van der Waals surface area contributed by atoms with Crippen LogP contribution in [0.1, 0.15) is 10.4 Å². The van der Waals surface area contributed by atoms with Crippen LogP contribution in [-0.2, 0) is 14.6 Å². The highest BCUT2D eigenvalue weighted by Crippen LogP contribution is 2.28. The van der Waals surface area contributed by atoms with E-state index in [1.54, 1.807) is 40.1 Å². The van der Waals surface area contributed by atoms with E-state index in [9.17, 15) is 32.5 Å². The molecule has 3 aromatic rings. The predicted octanol–water partition coefficient (Wildman–Crippen LogP) is 2.72. The number of nitrogens with two attached hydrogens (primary N) is 1. The number of nitrogens with zero attached hydrogens (tertiary/aromatic N) is 4. The number of piperazine rings is 1. The SMILES string of the molecule is CS(=O)(=O)c1cc(F)ccc1N1CCN(C(=O)CN(C(=O)c2ccc([N+](=O)[O-])cc2N)c2ccccc2)CC1. The van der Waals surface area contributed by atoms with Gasteiger partial charge >= 0.3 is 0 Å². The highest BCUT2D eigenvalue weighted by molar-refractivity contribution is 7.90. The van der Waals surface area contributed by atoms with E-state index in [0.29, 0.717) is 24.5 Å². The van der Waals surface area contributed by atoms with Crippen molar-refractivity contribution in [2.75, 3.05) is 54.5 Å². The zero-order valence-corrected chi connectivity index (χ0v) is 21.8. The van der Waals surface area contributed by atoms with Gasteiger partial charge in [0.1, 0.15) is 12.4 Å². The van der Waals surface area contributed by atoms with Crippen molar-refractivity contribution < 1.29 is 27.3 Å². The van der Waals surface area contributed by atoms with Gasteiger partial charge in [0, 0.05) is 50.3 Å². The lowest BCUT2D eigenvalue weighted by molar-refractivity contribution is -0.384. The minimum Gasteiger partial charge on any atom is -0.398 e. The molecule has 1 fully saturated rings. The second-order valence-corrected chi connectivity index (χ2v) is 11.0. The molecule has 1 aliphatic rings. The second-order valence-electron chi connectivity index (χ2n) is 9.01. The van der Waals surface area contributed by atoms with Gasteiger partial charge in [-0.15, -0.1) is 0 Å². The summed E-state index contributed by atoms with van der Waals surface area (Å²) in [5.74, 6) is -1.60. The first kappa shape index (κ1) is 27.5. The second kappa shape index (κ2) is 11.1. The van der Waals surface area contributed by atoms with Crippen molar-refractivity contribution in [3.05, 3.63) is 88.2 Å². The van der Waals surface area contributed by atoms with Crippen LogP contribution >= 0.6 is 0 Å². The van der Waals surface area contributed by atoms with Gasteiger partial charge < -0.3 is 15.5 Å². The lowest BCUT2D eigenvalue weighted by Crippen LogP contribution is -2.52. The molecule has 2 amide bonds. The van der Waals surface area contributed by atoms with Gasteiger partial charge in [-0.25, -0.2) is 12.8 Å². The van der Waals surface area contributed by atoms with Gasteiger partial charge in [0.25, 0.3) is 11.6 Å². The van der Waals surface area contributed by atoms with Crippen molar-refractivity contribution in [2.45, 2.75) is 4.90 Å². The average molecular weight is 556 g/mol. The molecule has 1 aliphatic heterocycles. The molecule has 39 heavy (non-hydrogen) atoms. The number of nitro groups is 1. The number of benzene rings is 3. The van der Waals surface area contributed by atoms with Crippen LogP contribution in [-0.4, -0.2) is 69.0 Å². The molecule has 204 valence electrons. The summed E-state index contributed by atoms with van der Waals surface area (Å²) in [6.07, 6.45) is 1.01. The van der Waals surface area contributed by atoms with Gasteiger partial charge in [0.05, 0.1) is 26.8 Å². The first-order valence-corrected chi connectivity index (χ1v) is 13.8. The molecule has 13 heteroatoms.